The third-order valence-electron chi connectivity index (χ3n) is 2.67. The molecule has 2 nitrogen and oxygen atoms in total. The summed E-state index contributed by atoms with van der Waals surface area (Å²) in [6.45, 7) is 10.2. The Kier molecular flexibility index (Phi) is 9.42. The van der Waals surface area contributed by atoms with Gasteiger partial charge in [0.05, 0.1) is 0 Å². The fraction of sp³-hybridized carbons (Fsp3) is 1.00. The molecule has 86 valence electrons. The van der Waals surface area contributed by atoms with Crippen molar-refractivity contribution in [3.8, 4) is 0 Å². The fourth-order valence-corrected chi connectivity index (χ4v) is 1.52. The molecule has 0 spiro atoms. The molecule has 1 unspecified atom stereocenters. The van der Waals surface area contributed by atoms with Gasteiger partial charge in [-0.3, -0.25) is 0 Å². The fourth-order valence-electron chi connectivity index (χ4n) is 1.52. The molecule has 14 heavy (non-hydrogen) atoms. The van der Waals surface area contributed by atoms with Crippen LogP contribution in [0.2, 0.25) is 0 Å². The maximum Gasteiger partial charge on any atom is 0.0165 e. The molecule has 0 rings (SSSR count). The third-order valence-corrected chi connectivity index (χ3v) is 2.67. The lowest BCUT2D eigenvalue weighted by atomic mass is 10.2. The van der Waals surface area contributed by atoms with Crippen molar-refractivity contribution in [2.75, 3.05) is 19.6 Å². The largest absolute Gasteiger partial charge is 0.327 e. The van der Waals surface area contributed by atoms with Crippen LogP contribution in [0.1, 0.15) is 52.9 Å². The van der Waals surface area contributed by atoms with Crippen LogP contribution in [0.4, 0.5) is 0 Å². The molecular weight excluding hydrogens is 172 g/mol. The standard InChI is InChI=1S/C12H28N2/c1-4-7-9-14(10-8-5-2)11-12(13)6-3/h12H,4-11,13H2,1-3H3. The highest BCUT2D eigenvalue weighted by Crippen LogP contribution is 2.01. The zero-order chi connectivity index (χ0) is 10.8. The van der Waals surface area contributed by atoms with Crippen LogP contribution < -0.4 is 5.73 Å². The highest BCUT2D eigenvalue weighted by molar-refractivity contribution is 4.66. The third kappa shape index (κ3) is 7.34. The van der Waals surface area contributed by atoms with E-state index in [1.807, 2.05) is 0 Å². The molecule has 0 bridgehead atoms. The molecule has 0 aliphatic rings. The molecule has 0 heterocycles. The Hall–Kier alpha value is -0.0800. The van der Waals surface area contributed by atoms with Crippen molar-refractivity contribution in [2.45, 2.75) is 58.9 Å². The quantitative estimate of drug-likeness (QED) is 0.620. The van der Waals surface area contributed by atoms with E-state index in [0.29, 0.717) is 6.04 Å². The number of rotatable bonds is 9. The number of unbranched alkanes of at least 4 members (excludes halogenated alkanes) is 2. The Balaban J connectivity index is 3.71. The smallest absolute Gasteiger partial charge is 0.0165 e. The molecule has 0 fully saturated rings. The minimum absolute atomic E-state index is 0.365. The summed E-state index contributed by atoms with van der Waals surface area (Å²) in [6.07, 6.45) is 6.27. The molecule has 0 aliphatic carbocycles. The summed E-state index contributed by atoms with van der Waals surface area (Å²) in [4.78, 5) is 2.53. The van der Waals surface area contributed by atoms with Crippen molar-refractivity contribution in [3.05, 3.63) is 0 Å². The van der Waals surface area contributed by atoms with E-state index in [1.54, 1.807) is 0 Å². The second kappa shape index (κ2) is 9.47. The summed E-state index contributed by atoms with van der Waals surface area (Å²) in [6, 6.07) is 0.365. The Labute approximate surface area is 89.9 Å². The average Bonchev–Trinajstić information content (AvgIpc) is 2.21. The molecule has 2 heteroatoms. The van der Waals surface area contributed by atoms with Crippen molar-refractivity contribution in [2.24, 2.45) is 5.73 Å². The average molecular weight is 200 g/mol. The highest BCUT2D eigenvalue weighted by Gasteiger charge is 2.07. The SMILES string of the molecule is CCCCN(CCCC)CC(N)CC. The van der Waals surface area contributed by atoms with E-state index in [-0.39, 0.29) is 0 Å². The van der Waals surface area contributed by atoms with Gasteiger partial charge in [-0.2, -0.15) is 0 Å². The van der Waals surface area contributed by atoms with Crippen molar-refractivity contribution in [1.29, 1.82) is 0 Å². The first-order valence-corrected chi connectivity index (χ1v) is 6.22. The van der Waals surface area contributed by atoms with E-state index < -0.39 is 0 Å². The maximum absolute atomic E-state index is 5.98. The lowest BCUT2D eigenvalue weighted by Crippen LogP contribution is -2.38. The second-order valence-corrected chi connectivity index (χ2v) is 4.18. The Morgan fingerprint density at radius 1 is 1.00 bits per heavy atom. The summed E-state index contributed by atoms with van der Waals surface area (Å²) in [5.41, 5.74) is 5.98. The van der Waals surface area contributed by atoms with Crippen LogP contribution >= 0.6 is 0 Å². The minimum atomic E-state index is 0.365. The van der Waals surface area contributed by atoms with Crippen LogP contribution in [0.25, 0.3) is 0 Å². The van der Waals surface area contributed by atoms with Gasteiger partial charge in [-0.05, 0) is 32.4 Å². The first-order chi connectivity index (χ1) is 6.74. The lowest BCUT2D eigenvalue weighted by molar-refractivity contribution is 0.247. The molecule has 0 aliphatic heterocycles. The summed E-state index contributed by atoms with van der Waals surface area (Å²) in [7, 11) is 0. The molecule has 0 aromatic heterocycles. The Morgan fingerprint density at radius 3 is 1.86 bits per heavy atom. The number of hydrogen-bond donors (Lipinski definition) is 1. The normalized spacial score (nSPS) is 13.5. The molecule has 0 aromatic rings. The van der Waals surface area contributed by atoms with Crippen LogP contribution in [0.15, 0.2) is 0 Å². The first kappa shape index (κ1) is 13.9. The van der Waals surface area contributed by atoms with Crippen molar-refractivity contribution < 1.29 is 0 Å². The molecule has 2 N–H and O–H groups in total. The minimum Gasteiger partial charge on any atom is -0.327 e. The van der Waals surface area contributed by atoms with Gasteiger partial charge in [-0.15, -0.1) is 0 Å². The highest BCUT2D eigenvalue weighted by atomic mass is 15.1. The molecule has 0 saturated heterocycles. The van der Waals surface area contributed by atoms with E-state index in [0.717, 1.165) is 13.0 Å². The zero-order valence-corrected chi connectivity index (χ0v) is 10.3. The molecule has 0 aromatic carbocycles. The van der Waals surface area contributed by atoms with E-state index in [4.69, 9.17) is 5.73 Å². The molecule has 0 radical (unpaired) electrons. The predicted octanol–water partition coefficient (Wildman–Crippen LogP) is 2.63. The van der Waals surface area contributed by atoms with E-state index in [1.165, 1.54) is 38.8 Å². The lowest BCUT2D eigenvalue weighted by Gasteiger charge is -2.24. The van der Waals surface area contributed by atoms with Gasteiger partial charge >= 0.3 is 0 Å². The Bertz CT molecular complexity index is 107. The zero-order valence-electron chi connectivity index (χ0n) is 10.3. The predicted molar refractivity (Wildman–Crippen MR) is 64.5 cm³/mol. The first-order valence-electron chi connectivity index (χ1n) is 6.22. The number of nitrogens with two attached hydrogens (primary N) is 1. The topological polar surface area (TPSA) is 29.3 Å². The number of hydrogen-bond acceptors (Lipinski definition) is 2. The van der Waals surface area contributed by atoms with E-state index >= 15 is 0 Å². The van der Waals surface area contributed by atoms with Gasteiger partial charge in [0.2, 0.25) is 0 Å². The van der Waals surface area contributed by atoms with Gasteiger partial charge in [0.25, 0.3) is 0 Å². The molecule has 0 saturated carbocycles. The monoisotopic (exact) mass is 200 g/mol. The molecule has 1 atom stereocenters. The molecular formula is C12H28N2. The van der Waals surface area contributed by atoms with Crippen LogP contribution in [0, 0.1) is 0 Å². The van der Waals surface area contributed by atoms with Crippen LogP contribution in [-0.2, 0) is 0 Å². The number of nitrogens with zero attached hydrogens (tertiary/aromatic N) is 1. The van der Waals surface area contributed by atoms with Gasteiger partial charge in [0, 0.05) is 12.6 Å². The summed E-state index contributed by atoms with van der Waals surface area (Å²) in [5.74, 6) is 0. The van der Waals surface area contributed by atoms with Crippen molar-refractivity contribution >= 4 is 0 Å². The van der Waals surface area contributed by atoms with Crippen LogP contribution in [-0.4, -0.2) is 30.6 Å². The van der Waals surface area contributed by atoms with E-state index in [9.17, 15) is 0 Å². The second-order valence-electron chi connectivity index (χ2n) is 4.18. The summed E-state index contributed by atoms with van der Waals surface area (Å²) >= 11 is 0. The van der Waals surface area contributed by atoms with Gasteiger partial charge in [0.1, 0.15) is 0 Å². The van der Waals surface area contributed by atoms with Crippen molar-refractivity contribution in [3.63, 3.8) is 0 Å². The Morgan fingerprint density at radius 2 is 1.50 bits per heavy atom. The van der Waals surface area contributed by atoms with Gasteiger partial charge < -0.3 is 10.6 Å². The van der Waals surface area contributed by atoms with E-state index in [2.05, 4.69) is 25.7 Å². The maximum atomic E-state index is 5.98. The van der Waals surface area contributed by atoms with Crippen LogP contribution in [0.5, 0.6) is 0 Å². The summed E-state index contributed by atoms with van der Waals surface area (Å²) < 4.78 is 0. The van der Waals surface area contributed by atoms with Gasteiger partial charge in [-0.1, -0.05) is 33.6 Å². The summed E-state index contributed by atoms with van der Waals surface area (Å²) in [5, 5.41) is 0. The van der Waals surface area contributed by atoms with Crippen molar-refractivity contribution in [1.82, 2.24) is 4.90 Å². The van der Waals surface area contributed by atoms with Gasteiger partial charge in [0.15, 0.2) is 0 Å². The van der Waals surface area contributed by atoms with Crippen LogP contribution in [0.3, 0.4) is 0 Å². The van der Waals surface area contributed by atoms with Gasteiger partial charge in [-0.25, -0.2) is 0 Å². The molecule has 0 amide bonds.